The highest BCUT2D eigenvalue weighted by atomic mass is 32.2. The molecule has 2 heterocycles. The molecule has 1 aliphatic rings. The lowest BCUT2D eigenvalue weighted by Gasteiger charge is -2.29. The first-order valence-electron chi connectivity index (χ1n) is 12.7. The summed E-state index contributed by atoms with van der Waals surface area (Å²) in [6.45, 7) is 13.1. The fraction of sp³-hybridized carbons (Fsp3) is 0.393. The zero-order chi connectivity index (χ0) is 26.5. The lowest BCUT2D eigenvalue weighted by Crippen LogP contribution is -2.31. The summed E-state index contributed by atoms with van der Waals surface area (Å²) >= 11 is 1.56. The van der Waals surface area contributed by atoms with Crippen LogP contribution in [0, 0.1) is 13.8 Å². The normalized spacial score (nSPS) is 14.7. The van der Waals surface area contributed by atoms with E-state index in [-0.39, 0.29) is 5.91 Å². The smallest absolute Gasteiger partial charge is 0.255 e. The molecule has 0 bridgehead atoms. The molecular formula is C28H35N5O3S. The average molecular weight is 522 g/mol. The first-order valence-corrected chi connectivity index (χ1v) is 13.7. The predicted octanol–water partition coefficient (Wildman–Crippen LogP) is 6.12. The van der Waals surface area contributed by atoms with E-state index in [1.54, 1.807) is 16.4 Å². The maximum absolute atomic E-state index is 13.9. The van der Waals surface area contributed by atoms with Crippen LogP contribution in [0.2, 0.25) is 0 Å². The molecule has 0 fully saturated rings. The average Bonchev–Trinajstić information content (AvgIpc) is 3.27. The third-order valence-electron chi connectivity index (χ3n) is 6.25. The number of nitrogens with zero attached hydrogens (tertiary/aromatic N) is 3. The van der Waals surface area contributed by atoms with Gasteiger partial charge in [-0.2, -0.15) is 4.98 Å². The molecule has 2 aromatic carbocycles. The second-order valence-electron chi connectivity index (χ2n) is 8.85. The standard InChI is InChI=1S/C28H35N5O3S/c1-7-15-36-22-14-13-20(16-23(22)35-8-2)25-24(26(34)30-21-12-10-11-17(4)18(21)5)19(6)29-27-31-28(37-9-3)32-33(25)27/h10-14,16,25H,7-9,15H2,1-6H3,(H,30,34)(H,29,31,32). The van der Waals surface area contributed by atoms with Gasteiger partial charge in [0.25, 0.3) is 5.91 Å². The maximum atomic E-state index is 13.9. The van der Waals surface area contributed by atoms with Crippen LogP contribution >= 0.6 is 11.8 Å². The van der Waals surface area contributed by atoms with Gasteiger partial charge in [-0.1, -0.05) is 43.8 Å². The first-order chi connectivity index (χ1) is 17.9. The Bertz CT molecular complexity index is 1320. The molecule has 1 aliphatic heterocycles. The van der Waals surface area contributed by atoms with Crippen molar-refractivity contribution in [2.24, 2.45) is 0 Å². The number of aryl methyl sites for hydroxylation is 1. The molecule has 8 nitrogen and oxygen atoms in total. The van der Waals surface area contributed by atoms with Crippen LogP contribution in [0.4, 0.5) is 11.6 Å². The quantitative estimate of drug-likeness (QED) is 0.311. The van der Waals surface area contributed by atoms with E-state index in [2.05, 4.69) is 29.5 Å². The van der Waals surface area contributed by atoms with Crippen LogP contribution in [-0.4, -0.2) is 39.6 Å². The zero-order valence-electron chi connectivity index (χ0n) is 22.3. The second-order valence-corrected chi connectivity index (χ2v) is 10.1. The number of hydrogen-bond acceptors (Lipinski definition) is 7. The van der Waals surface area contributed by atoms with Gasteiger partial charge < -0.3 is 20.1 Å². The lowest BCUT2D eigenvalue weighted by atomic mass is 9.94. The van der Waals surface area contributed by atoms with E-state index >= 15 is 0 Å². The molecule has 2 N–H and O–H groups in total. The number of benzene rings is 2. The third-order valence-corrected chi connectivity index (χ3v) is 6.97. The zero-order valence-corrected chi connectivity index (χ0v) is 23.2. The number of amides is 1. The molecule has 37 heavy (non-hydrogen) atoms. The molecule has 1 aromatic heterocycles. The van der Waals surface area contributed by atoms with Crippen LogP contribution < -0.4 is 20.1 Å². The number of aromatic nitrogens is 3. The molecule has 4 rings (SSSR count). The Labute approximate surface area is 222 Å². The Hall–Kier alpha value is -3.46. The monoisotopic (exact) mass is 521 g/mol. The number of rotatable bonds is 10. The third kappa shape index (κ3) is 5.61. The summed E-state index contributed by atoms with van der Waals surface area (Å²) < 4.78 is 13.6. The number of fused-ring (bicyclic) bond motifs is 1. The minimum Gasteiger partial charge on any atom is -0.490 e. The van der Waals surface area contributed by atoms with E-state index in [4.69, 9.17) is 14.6 Å². The Morgan fingerprint density at radius 2 is 1.92 bits per heavy atom. The number of anilines is 2. The summed E-state index contributed by atoms with van der Waals surface area (Å²) in [5, 5.41) is 11.9. The van der Waals surface area contributed by atoms with Gasteiger partial charge in [0, 0.05) is 11.4 Å². The second kappa shape index (κ2) is 11.7. The molecule has 196 valence electrons. The van der Waals surface area contributed by atoms with Crippen molar-refractivity contribution in [2.75, 3.05) is 29.6 Å². The summed E-state index contributed by atoms with van der Waals surface area (Å²) in [7, 11) is 0. The maximum Gasteiger partial charge on any atom is 0.255 e. The summed E-state index contributed by atoms with van der Waals surface area (Å²) in [6, 6.07) is 11.2. The van der Waals surface area contributed by atoms with Crippen molar-refractivity contribution < 1.29 is 14.3 Å². The minimum atomic E-state index is -0.500. The van der Waals surface area contributed by atoms with Gasteiger partial charge in [0.2, 0.25) is 11.1 Å². The van der Waals surface area contributed by atoms with Gasteiger partial charge in [0.1, 0.15) is 6.04 Å². The van der Waals surface area contributed by atoms with Crippen LogP contribution in [0.3, 0.4) is 0 Å². The molecule has 1 amide bonds. The van der Waals surface area contributed by atoms with Crippen molar-refractivity contribution in [1.29, 1.82) is 0 Å². The summed E-state index contributed by atoms with van der Waals surface area (Å²) in [6.07, 6.45) is 0.895. The number of allylic oxidation sites excluding steroid dienone is 1. The van der Waals surface area contributed by atoms with Crippen LogP contribution in [0.25, 0.3) is 0 Å². The van der Waals surface area contributed by atoms with Crippen LogP contribution in [0.5, 0.6) is 11.5 Å². The number of hydrogen-bond donors (Lipinski definition) is 2. The van der Waals surface area contributed by atoms with E-state index in [0.717, 1.165) is 40.2 Å². The van der Waals surface area contributed by atoms with Crippen molar-refractivity contribution in [3.8, 4) is 11.5 Å². The summed E-state index contributed by atoms with van der Waals surface area (Å²) in [5.41, 5.74) is 5.09. The van der Waals surface area contributed by atoms with Gasteiger partial charge in [-0.3, -0.25) is 4.79 Å². The first kappa shape index (κ1) is 26.6. The molecule has 9 heteroatoms. The van der Waals surface area contributed by atoms with Gasteiger partial charge in [-0.15, -0.1) is 5.10 Å². The van der Waals surface area contributed by atoms with Crippen molar-refractivity contribution >= 4 is 29.3 Å². The van der Waals surface area contributed by atoms with E-state index in [0.29, 0.717) is 41.4 Å². The molecule has 0 spiro atoms. The Morgan fingerprint density at radius 1 is 1.11 bits per heavy atom. The van der Waals surface area contributed by atoms with Crippen molar-refractivity contribution in [3.05, 3.63) is 64.4 Å². The van der Waals surface area contributed by atoms with Gasteiger partial charge in [0.05, 0.1) is 18.8 Å². The highest BCUT2D eigenvalue weighted by Crippen LogP contribution is 2.40. The van der Waals surface area contributed by atoms with E-state index in [1.165, 1.54) is 0 Å². The highest BCUT2D eigenvalue weighted by Gasteiger charge is 2.35. The van der Waals surface area contributed by atoms with E-state index in [9.17, 15) is 4.79 Å². The SMILES string of the molecule is CCCOc1ccc(C2C(C(=O)Nc3cccc(C)c3C)=C(C)Nc3nc(SCC)nn32)cc1OCC. The Morgan fingerprint density at radius 3 is 2.65 bits per heavy atom. The Balaban J connectivity index is 1.81. The molecule has 0 aliphatic carbocycles. The van der Waals surface area contributed by atoms with Gasteiger partial charge in [-0.25, -0.2) is 4.68 Å². The predicted molar refractivity (Wildman–Crippen MR) is 149 cm³/mol. The fourth-order valence-electron chi connectivity index (χ4n) is 4.29. The molecule has 0 saturated heterocycles. The molecule has 0 radical (unpaired) electrons. The van der Waals surface area contributed by atoms with Crippen LogP contribution in [0.1, 0.15) is 56.8 Å². The van der Waals surface area contributed by atoms with Crippen molar-refractivity contribution in [2.45, 2.75) is 59.2 Å². The number of carbonyl (C=O) groups excluding carboxylic acids is 1. The largest absolute Gasteiger partial charge is 0.490 e. The minimum absolute atomic E-state index is 0.196. The van der Waals surface area contributed by atoms with Crippen LogP contribution in [0.15, 0.2) is 52.8 Å². The van der Waals surface area contributed by atoms with Gasteiger partial charge >= 0.3 is 0 Å². The number of carbonyl (C=O) groups is 1. The summed E-state index contributed by atoms with van der Waals surface area (Å²) in [4.78, 5) is 18.5. The topological polar surface area (TPSA) is 90.3 Å². The highest BCUT2D eigenvalue weighted by molar-refractivity contribution is 7.99. The van der Waals surface area contributed by atoms with E-state index < -0.39 is 6.04 Å². The van der Waals surface area contributed by atoms with Gasteiger partial charge in [0.15, 0.2) is 11.5 Å². The number of ether oxygens (including phenoxy) is 2. The van der Waals surface area contributed by atoms with Gasteiger partial charge in [-0.05, 0) is 74.8 Å². The molecule has 3 aromatic rings. The van der Waals surface area contributed by atoms with Crippen molar-refractivity contribution in [1.82, 2.24) is 14.8 Å². The fourth-order valence-corrected chi connectivity index (χ4v) is 4.85. The summed E-state index contributed by atoms with van der Waals surface area (Å²) in [5.74, 6) is 2.58. The van der Waals surface area contributed by atoms with Crippen LogP contribution in [-0.2, 0) is 4.79 Å². The molecule has 1 atom stereocenters. The molecular weight excluding hydrogens is 486 g/mol. The molecule has 0 saturated carbocycles. The van der Waals surface area contributed by atoms with E-state index in [1.807, 2.05) is 64.1 Å². The number of thioether (sulfide) groups is 1. The Kier molecular flexibility index (Phi) is 8.43. The lowest BCUT2D eigenvalue weighted by molar-refractivity contribution is -0.113. The molecule has 1 unspecified atom stereocenters. The number of nitrogens with one attached hydrogen (secondary N) is 2. The van der Waals surface area contributed by atoms with Crippen molar-refractivity contribution in [3.63, 3.8) is 0 Å².